The van der Waals surface area contributed by atoms with Gasteiger partial charge in [-0.15, -0.1) is 10.2 Å². The first-order valence-electron chi connectivity index (χ1n) is 9.32. The summed E-state index contributed by atoms with van der Waals surface area (Å²) >= 11 is 1.26. The van der Waals surface area contributed by atoms with Crippen molar-refractivity contribution in [2.24, 2.45) is 0 Å². The monoisotopic (exact) mass is 395 g/mol. The topological polar surface area (TPSA) is 59.2 Å². The minimum atomic E-state index is 0.0236. The van der Waals surface area contributed by atoms with Gasteiger partial charge in [-0.2, -0.15) is 0 Å². The van der Waals surface area contributed by atoms with E-state index in [0.717, 1.165) is 17.5 Å². The highest BCUT2D eigenvalue weighted by Gasteiger charge is 2.14. The number of carbonyl (C=O) groups excluding carboxylic acids is 1. The largest absolute Gasteiger partial charge is 0.411 e. The average molecular weight is 396 g/mol. The smallest absolute Gasteiger partial charge is 0.277 e. The van der Waals surface area contributed by atoms with Crippen molar-refractivity contribution in [1.82, 2.24) is 15.1 Å². The Morgan fingerprint density at radius 2 is 1.75 bits per heavy atom. The van der Waals surface area contributed by atoms with Gasteiger partial charge in [-0.25, -0.2) is 0 Å². The Morgan fingerprint density at radius 1 is 1.04 bits per heavy atom. The van der Waals surface area contributed by atoms with Gasteiger partial charge in [0.05, 0.1) is 5.75 Å². The zero-order valence-corrected chi connectivity index (χ0v) is 17.5. The Balaban J connectivity index is 1.55. The summed E-state index contributed by atoms with van der Waals surface area (Å²) in [7, 11) is 1.81. The van der Waals surface area contributed by atoms with E-state index < -0.39 is 0 Å². The van der Waals surface area contributed by atoms with Crippen molar-refractivity contribution >= 4 is 17.7 Å². The number of thioether (sulfide) groups is 1. The number of hydrogen-bond donors (Lipinski definition) is 0. The lowest BCUT2D eigenvalue weighted by molar-refractivity contribution is -0.127. The fourth-order valence-corrected chi connectivity index (χ4v) is 3.44. The van der Waals surface area contributed by atoms with Gasteiger partial charge in [0.25, 0.3) is 5.22 Å². The molecule has 2 aromatic carbocycles. The van der Waals surface area contributed by atoms with E-state index in [1.165, 1.54) is 28.5 Å². The molecule has 1 amide bonds. The van der Waals surface area contributed by atoms with E-state index in [4.69, 9.17) is 4.42 Å². The predicted molar refractivity (Wildman–Crippen MR) is 112 cm³/mol. The number of rotatable bonds is 7. The highest BCUT2D eigenvalue weighted by atomic mass is 32.2. The molecule has 5 nitrogen and oxygen atoms in total. The van der Waals surface area contributed by atoms with Crippen LogP contribution in [0, 0.1) is 13.8 Å². The number of amides is 1. The summed E-state index contributed by atoms with van der Waals surface area (Å²) in [6, 6.07) is 14.4. The second-order valence-electron chi connectivity index (χ2n) is 6.88. The van der Waals surface area contributed by atoms with Crippen molar-refractivity contribution in [3.05, 3.63) is 64.7 Å². The van der Waals surface area contributed by atoms with Crippen molar-refractivity contribution in [2.45, 2.75) is 39.0 Å². The molecule has 0 fully saturated rings. The summed E-state index contributed by atoms with van der Waals surface area (Å²) < 4.78 is 5.71. The number of aromatic nitrogens is 2. The van der Waals surface area contributed by atoms with Crippen LogP contribution in [0.4, 0.5) is 0 Å². The van der Waals surface area contributed by atoms with E-state index in [1.807, 2.05) is 25.2 Å². The molecule has 1 heterocycles. The Hall–Kier alpha value is -2.60. The standard InChI is InChI=1S/C22H25N3O2S/c1-5-17-7-9-18(10-8-17)13-25(4)20(26)14-28-22-24-23-21(27-22)19-11-6-15(2)16(3)12-19/h6-12H,5,13-14H2,1-4H3. The molecule has 0 atom stereocenters. The Labute approximate surface area is 170 Å². The summed E-state index contributed by atoms with van der Waals surface area (Å²) in [5.41, 5.74) is 5.70. The van der Waals surface area contributed by atoms with Crippen LogP contribution in [0.3, 0.4) is 0 Å². The number of benzene rings is 2. The molecule has 28 heavy (non-hydrogen) atoms. The van der Waals surface area contributed by atoms with Crippen LogP contribution < -0.4 is 0 Å². The molecule has 3 rings (SSSR count). The second-order valence-corrected chi connectivity index (χ2v) is 7.81. The van der Waals surface area contributed by atoms with Crippen LogP contribution >= 0.6 is 11.8 Å². The van der Waals surface area contributed by atoms with Crippen LogP contribution in [0.25, 0.3) is 11.5 Å². The fourth-order valence-electron chi connectivity index (χ4n) is 2.74. The summed E-state index contributed by atoms with van der Waals surface area (Å²) in [5.74, 6) is 0.760. The molecule has 0 spiro atoms. The van der Waals surface area contributed by atoms with Gasteiger partial charge < -0.3 is 9.32 Å². The molecule has 0 unspecified atom stereocenters. The Kier molecular flexibility index (Phi) is 6.52. The van der Waals surface area contributed by atoms with Crippen LogP contribution in [-0.4, -0.2) is 33.8 Å². The summed E-state index contributed by atoms with van der Waals surface area (Å²) in [5, 5.41) is 8.56. The van der Waals surface area contributed by atoms with E-state index in [1.54, 1.807) is 4.90 Å². The summed E-state index contributed by atoms with van der Waals surface area (Å²) in [6.07, 6.45) is 1.01. The van der Waals surface area contributed by atoms with Crippen LogP contribution in [-0.2, 0) is 17.8 Å². The van der Waals surface area contributed by atoms with Gasteiger partial charge in [-0.05, 0) is 54.7 Å². The normalized spacial score (nSPS) is 10.9. The third-order valence-electron chi connectivity index (χ3n) is 4.76. The third-order valence-corrected chi connectivity index (χ3v) is 5.56. The van der Waals surface area contributed by atoms with Gasteiger partial charge in [0.15, 0.2) is 0 Å². The predicted octanol–water partition coefficient (Wildman–Crippen LogP) is 4.67. The van der Waals surface area contributed by atoms with Crippen LogP contribution in [0.2, 0.25) is 0 Å². The highest BCUT2D eigenvalue weighted by Crippen LogP contribution is 2.25. The quantitative estimate of drug-likeness (QED) is 0.544. The zero-order chi connectivity index (χ0) is 20.1. The summed E-state index contributed by atoms with van der Waals surface area (Å²) in [4.78, 5) is 14.1. The number of nitrogens with zero attached hydrogens (tertiary/aromatic N) is 3. The molecule has 0 saturated heterocycles. The number of carbonyl (C=O) groups is 1. The lowest BCUT2D eigenvalue weighted by atomic mass is 10.1. The molecule has 146 valence electrons. The van der Waals surface area contributed by atoms with Gasteiger partial charge in [0, 0.05) is 19.2 Å². The molecular weight excluding hydrogens is 370 g/mol. The molecule has 0 saturated carbocycles. The van der Waals surface area contributed by atoms with Gasteiger partial charge in [-0.3, -0.25) is 4.79 Å². The number of hydrogen-bond acceptors (Lipinski definition) is 5. The van der Waals surface area contributed by atoms with Crippen molar-refractivity contribution in [3.8, 4) is 11.5 Å². The lowest BCUT2D eigenvalue weighted by Crippen LogP contribution is -2.27. The fraction of sp³-hybridized carbons (Fsp3) is 0.318. The molecule has 0 aliphatic rings. The SMILES string of the molecule is CCc1ccc(CN(C)C(=O)CSc2nnc(-c3ccc(C)c(C)c3)o2)cc1. The Morgan fingerprint density at radius 3 is 2.43 bits per heavy atom. The van der Waals surface area contributed by atoms with E-state index >= 15 is 0 Å². The maximum Gasteiger partial charge on any atom is 0.277 e. The number of aryl methyl sites for hydroxylation is 3. The molecule has 0 aliphatic carbocycles. The van der Waals surface area contributed by atoms with Crippen LogP contribution in [0.15, 0.2) is 52.1 Å². The zero-order valence-electron chi connectivity index (χ0n) is 16.7. The first kappa shape index (κ1) is 20.1. The molecule has 0 N–H and O–H groups in total. The molecule has 6 heteroatoms. The van der Waals surface area contributed by atoms with Gasteiger partial charge in [0.2, 0.25) is 11.8 Å². The van der Waals surface area contributed by atoms with Crippen LogP contribution in [0.1, 0.15) is 29.2 Å². The molecule has 0 aliphatic heterocycles. The van der Waals surface area contributed by atoms with Crippen molar-refractivity contribution in [1.29, 1.82) is 0 Å². The first-order chi connectivity index (χ1) is 13.5. The Bertz CT molecular complexity index is 951. The highest BCUT2D eigenvalue weighted by molar-refractivity contribution is 7.99. The average Bonchev–Trinajstić information content (AvgIpc) is 3.17. The second kappa shape index (κ2) is 9.06. The van der Waals surface area contributed by atoms with E-state index in [2.05, 4.69) is 55.2 Å². The van der Waals surface area contributed by atoms with Crippen molar-refractivity contribution < 1.29 is 9.21 Å². The lowest BCUT2D eigenvalue weighted by Gasteiger charge is -2.16. The molecule has 0 bridgehead atoms. The van der Waals surface area contributed by atoms with E-state index in [9.17, 15) is 4.79 Å². The minimum absolute atomic E-state index is 0.0236. The van der Waals surface area contributed by atoms with E-state index in [0.29, 0.717) is 17.7 Å². The molecule has 3 aromatic rings. The van der Waals surface area contributed by atoms with Gasteiger partial charge in [-0.1, -0.05) is 49.0 Å². The molecule has 1 aromatic heterocycles. The molecular formula is C22H25N3O2S. The minimum Gasteiger partial charge on any atom is -0.411 e. The van der Waals surface area contributed by atoms with Crippen molar-refractivity contribution in [2.75, 3.05) is 12.8 Å². The first-order valence-corrected chi connectivity index (χ1v) is 10.3. The van der Waals surface area contributed by atoms with Gasteiger partial charge >= 0.3 is 0 Å². The van der Waals surface area contributed by atoms with E-state index in [-0.39, 0.29) is 11.7 Å². The van der Waals surface area contributed by atoms with Crippen molar-refractivity contribution in [3.63, 3.8) is 0 Å². The third kappa shape index (κ3) is 5.01. The van der Waals surface area contributed by atoms with Crippen LogP contribution in [0.5, 0.6) is 0 Å². The molecule has 0 radical (unpaired) electrons. The van der Waals surface area contributed by atoms with Gasteiger partial charge in [0.1, 0.15) is 0 Å². The maximum absolute atomic E-state index is 12.4. The maximum atomic E-state index is 12.4. The summed E-state index contributed by atoms with van der Waals surface area (Å²) in [6.45, 7) is 6.83.